The monoisotopic (exact) mass is 509 g/mol. The molecule has 6 nitrogen and oxygen atoms in total. The normalized spacial score (nSPS) is 20.9. The summed E-state index contributed by atoms with van der Waals surface area (Å²) in [6.45, 7) is 0. The number of alkyl halides is 4. The molecular weight excluding hydrogens is 486 g/mol. The Kier molecular flexibility index (Phi) is 5.73. The van der Waals surface area contributed by atoms with Gasteiger partial charge in [0.15, 0.2) is 9.84 Å². The molecule has 0 spiro atoms. The van der Waals surface area contributed by atoms with E-state index in [1.165, 1.54) is 6.07 Å². The lowest BCUT2D eigenvalue weighted by molar-refractivity contribution is -0.121. The molecule has 1 aliphatic heterocycles. The quantitative estimate of drug-likeness (QED) is 0.497. The second kappa shape index (κ2) is 8.39. The van der Waals surface area contributed by atoms with Crippen LogP contribution in [-0.2, 0) is 27.5 Å². The molecule has 5 rings (SSSR count). The first kappa shape index (κ1) is 23.9. The predicted octanol–water partition coefficient (Wildman–Crippen LogP) is 5.16. The zero-order chi connectivity index (χ0) is 25.1. The predicted molar refractivity (Wildman–Crippen MR) is 122 cm³/mol. The number of benzene rings is 1. The smallest absolute Gasteiger partial charge is 0.277 e. The number of aromatic nitrogens is 1. The molecule has 2 heterocycles. The topological polar surface area (TPSA) is 88.5 Å². The second-order valence-electron chi connectivity index (χ2n) is 9.48. The lowest BCUT2D eigenvalue weighted by atomic mass is 9.80. The third-order valence-electron chi connectivity index (χ3n) is 6.79. The summed E-state index contributed by atoms with van der Waals surface area (Å²) in [6, 6.07) is 6.46. The molecule has 1 aromatic heterocycles. The molecule has 2 fully saturated rings. The van der Waals surface area contributed by atoms with Gasteiger partial charge in [0.2, 0.25) is 0 Å². The Morgan fingerprint density at radius 3 is 2.49 bits per heavy atom. The van der Waals surface area contributed by atoms with E-state index in [1.807, 2.05) is 6.07 Å². The number of halogens is 4. The van der Waals surface area contributed by atoms with Crippen molar-refractivity contribution in [3.63, 3.8) is 0 Å². The molecule has 1 N–H and O–H groups in total. The van der Waals surface area contributed by atoms with Gasteiger partial charge in [-0.3, -0.25) is 9.78 Å². The number of hydrogen-bond acceptors (Lipinski definition) is 6. The van der Waals surface area contributed by atoms with E-state index in [-0.39, 0.29) is 46.2 Å². The van der Waals surface area contributed by atoms with Crippen LogP contribution in [0, 0.1) is 5.92 Å². The average molecular weight is 510 g/mol. The first-order valence-electron chi connectivity index (χ1n) is 11.3. The van der Waals surface area contributed by atoms with Crippen LogP contribution in [0.5, 0.6) is 0 Å². The largest absolute Gasteiger partial charge is 0.353 e. The Morgan fingerprint density at radius 1 is 1.20 bits per heavy atom. The van der Waals surface area contributed by atoms with E-state index in [0.29, 0.717) is 5.92 Å². The Labute approximate surface area is 199 Å². The van der Waals surface area contributed by atoms with Gasteiger partial charge >= 0.3 is 0 Å². The summed E-state index contributed by atoms with van der Waals surface area (Å²) in [5.41, 5.74) is 1.37. The van der Waals surface area contributed by atoms with Gasteiger partial charge in [-0.15, -0.1) is 0 Å². The number of hydrogen-bond donors (Lipinski definition) is 1. The molecule has 1 aromatic carbocycles. The Hall–Kier alpha value is -2.82. The molecule has 2 aromatic rings. The number of carbonyl (C=O) groups is 1. The molecule has 0 radical (unpaired) electrons. The van der Waals surface area contributed by atoms with E-state index < -0.39 is 46.0 Å². The maximum atomic E-state index is 13.4. The minimum absolute atomic E-state index is 0.0544. The highest BCUT2D eigenvalue weighted by atomic mass is 32.2. The molecule has 186 valence electrons. The van der Waals surface area contributed by atoms with Crippen LogP contribution in [0.25, 0.3) is 0 Å². The fourth-order valence-electron chi connectivity index (χ4n) is 4.52. The minimum Gasteiger partial charge on any atom is -0.353 e. The zero-order valence-corrected chi connectivity index (χ0v) is 19.6. The number of pyridine rings is 1. The maximum absolute atomic E-state index is 13.4. The van der Waals surface area contributed by atoms with E-state index in [1.54, 1.807) is 12.1 Å². The third kappa shape index (κ3) is 4.70. The van der Waals surface area contributed by atoms with Crippen molar-refractivity contribution >= 4 is 38.4 Å². The minimum atomic E-state index is -3.65. The Balaban J connectivity index is 1.52. The molecule has 0 saturated heterocycles. The SMILES string of the molecule is CS(=O)(=O)c1cc(C2CCC2)ccc1Nc1cc(CC(=O)[C@H]2CC2(F)F)nc2c1N=C(C(F)F)C2. The summed E-state index contributed by atoms with van der Waals surface area (Å²) in [5.74, 6) is -4.76. The molecule has 2 saturated carbocycles. The van der Waals surface area contributed by atoms with E-state index in [0.717, 1.165) is 31.1 Å². The van der Waals surface area contributed by atoms with E-state index >= 15 is 0 Å². The molecule has 35 heavy (non-hydrogen) atoms. The Bertz CT molecular complexity index is 1350. The molecule has 2 aliphatic carbocycles. The molecule has 3 aliphatic rings. The van der Waals surface area contributed by atoms with Gasteiger partial charge in [0, 0.05) is 25.5 Å². The van der Waals surface area contributed by atoms with Crippen molar-refractivity contribution in [2.45, 2.75) is 61.7 Å². The van der Waals surface area contributed by atoms with Crippen molar-refractivity contribution in [3.05, 3.63) is 41.2 Å². The molecule has 0 amide bonds. The number of nitrogens with zero attached hydrogens (tertiary/aromatic N) is 2. The van der Waals surface area contributed by atoms with Crippen molar-refractivity contribution in [2.75, 3.05) is 11.6 Å². The van der Waals surface area contributed by atoms with Gasteiger partial charge in [0.25, 0.3) is 12.3 Å². The first-order chi connectivity index (χ1) is 16.4. The molecule has 0 unspecified atom stereocenters. The summed E-state index contributed by atoms with van der Waals surface area (Å²) in [4.78, 5) is 20.6. The number of fused-ring (bicyclic) bond motifs is 1. The number of aliphatic imine (C=N–C) groups is 1. The lowest BCUT2D eigenvalue weighted by Gasteiger charge is -2.26. The number of Topliss-reactive ketones (excluding diaryl/α,β-unsaturated/α-hetero) is 1. The van der Waals surface area contributed by atoms with Crippen LogP contribution in [-0.4, -0.2) is 43.5 Å². The highest BCUT2D eigenvalue weighted by Gasteiger charge is 2.60. The van der Waals surface area contributed by atoms with Gasteiger partial charge in [-0.25, -0.2) is 31.0 Å². The highest BCUT2D eigenvalue weighted by Crippen LogP contribution is 2.49. The number of carbonyl (C=O) groups excluding carboxylic acids is 1. The van der Waals surface area contributed by atoms with Crippen molar-refractivity contribution in [2.24, 2.45) is 10.9 Å². The van der Waals surface area contributed by atoms with Crippen molar-refractivity contribution in [3.8, 4) is 0 Å². The van der Waals surface area contributed by atoms with Gasteiger partial charge in [0.1, 0.15) is 11.5 Å². The van der Waals surface area contributed by atoms with Gasteiger partial charge < -0.3 is 5.32 Å². The van der Waals surface area contributed by atoms with E-state index in [2.05, 4.69) is 15.3 Å². The lowest BCUT2D eigenvalue weighted by Crippen LogP contribution is -2.13. The van der Waals surface area contributed by atoms with Gasteiger partial charge in [-0.05, 0) is 42.5 Å². The Morgan fingerprint density at radius 2 is 1.91 bits per heavy atom. The fourth-order valence-corrected chi connectivity index (χ4v) is 5.39. The molecule has 11 heteroatoms. The van der Waals surface area contributed by atoms with Gasteiger partial charge in [0.05, 0.1) is 39.3 Å². The zero-order valence-electron chi connectivity index (χ0n) is 18.8. The highest BCUT2D eigenvalue weighted by molar-refractivity contribution is 7.90. The van der Waals surface area contributed by atoms with Crippen LogP contribution in [0.3, 0.4) is 0 Å². The van der Waals surface area contributed by atoms with Crippen LogP contribution in [0.15, 0.2) is 34.2 Å². The molecule has 0 bridgehead atoms. The van der Waals surface area contributed by atoms with Crippen LogP contribution in [0.2, 0.25) is 0 Å². The van der Waals surface area contributed by atoms with Crippen molar-refractivity contribution in [1.29, 1.82) is 0 Å². The van der Waals surface area contributed by atoms with Gasteiger partial charge in [-0.2, -0.15) is 0 Å². The number of anilines is 2. The average Bonchev–Trinajstić information content (AvgIpc) is 3.15. The summed E-state index contributed by atoms with van der Waals surface area (Å²) in [6.07, 6.45) is 0.177. The van der Waals surface area contributed by atoms with E-state index in [9.17, 15) is 30.8 Å². The summed E-state index contributed by atoms with van der Waals surface area (Å²) < 4.78 is 78.5. The molecular formula is C24H23F4N3O3S. The van der Waals surface area contributed by atoms with E-state index in [4.69, 9.17) is 0 Å². The standard InChI is InChI=1S/C24H23F4N3O3S/c1-35(33,34)21-7-13(12-3-2-4-12)5-6-16(21)30-17-8-14(9-20(32)15-11-24(15,27)28)29-18-10-19(23(25)26)31-22(17)18/h5-8,12,15,23H,2-4,9-11H2,1H3,(H,29,30)/t15-/m1/s1. The van der Waals surface area contributed by atoms with Crippen LogP contribution < -0.4 is 5.32 Å². The fraction of sp³-hybridized carbons (Fsp3) is 0.458. The number of sulfone groups is 1. The number of ketones is 1. The van der Waals surface area contributed by atoms with Crippen molar-refractivity contribution < 1.29 is 30.8 Å². The summed E-state index contributed by atoms with van der Waals surface area (Å²) in [5, 5.41) is 2.99. The third-order valence-corrected chi connectivity index (χ3v) is 7.93. The van der Waals surface area contributed by atoms with Gasteiger partial charge in [-0.1, -0.05) is 12.5 Å². The van der Waals surface area contributed by atoms with Crippen LogP contribution in [0.4, 0.5) is 34.6 Å². The second-order valence-corrected chi connectivity index (χ2v) is 11.5. The van der Waals surface area contributed by atoms with Crippen LogP contribution in [0.1, 0.15) is 48.6 Å². The van der Waals surface area contributed by atoms with Crippen LogP contribution >= 0.6 is 0 Å². The number of nitrogens with one attached hydrogen (secondary N) is 1. The first-order valence-corrected chi connectivity index (χ1v) is 13.2. The summed E-state index contributed by atoms with van der Waals surface area (Å²) in [7, 11) is -3.65. The maximum Gasteiger partial charge on any atom is 0.277 e. The van der Waals surface area contributed by atoms with Crippen molar-refractivity contribution in [1.82, 2.24) is 4.98 Å². The number of rotatable bonds is 8. The summed E-state index contributed by atoms with van der Waals surface area (Å²) >= 11 is 0. The molecule has 1 atom stereocenters.